The summed E-state index contributed by atoms with van der Waals surface area (Å²) >= 11 is 1.20. The molecule has 7 heteroatoms. The summed E-state index contributed by atoms with van der Waals surface area (Å²) in [6.45, 7) is 3.58. The third kappa shape index (κ3) is 3.88. The van der Waals surface area contributed by atoms with Crippen LogP contribution < -0.4 is 5.32 Å². The predicted octanol–water partition coefficient (Wildman–Crippen LogP) is 2.99. The fraction of sp³-hybridized carbons (Fsp3) is 0.222. The molecule has 0 atom stereocenters. The molecule has 1 aromatic heterocycles. The number of aryl methyl sites for hydroxylation is 1. The van der Waals surface area contributed by atoms with Gasteiger partial charge in [-0.25, -0.2) is 9.78 Å². The number of ketones is 1. The third-order valence-electron chi connectivity index (χ3n) is 3.67. The van der Waals surface area contributed by atoms with Crippen molar-refractivity contribution in [2.45, 2.75) is 25.5 Å². The molecular weight excluding hydrogens is 340 g/mol. The van der Waals surface area contributed by atoms with E-state index in [2.05, 4.69) is 10.3 Å². The summed E-state index contributed by atoms with van der Waals surface area (Å²) in [5.41, 5.74) is 3.23. The van der Waals surface area contributed by atoms with E-state index in [-0.39, 0.29) is 24.1 Å². The lowest BCUT2D eigenvalue weighted by atomic mass is 10.1. The fourth-order valence-corrected chi connectivity index (χ4v) is 3.39. The minimum Gasteiger partial charge on any atom is -0.457 e. The summed E-state index contributed by atoms with van der Waals surface area (Å²) in [5.74, 6) is -0.529. The highest BCUT2D eigenvalue weighted by atomic mass is 32.2. The first kappa shape index (κ1) is 17.2. The average molecular weight is 356 g/mol. The van der Waals surface area contributed by atoms with Gasteiger partial charge in [0.15, 0.2) is 5.78 Å². The molecule has 6 nitrogen and oxygen atoms in total. The molecule has 0 radical (unpaired) electrons. The Labute approximate surface area is 149 Å². The van der Waals surface area contributed by atoms with Crippen molar-refractivity contribution in [3.8, 4) is 0 Å². The van der Waals surface area contributed by atoms with Gasteiger partial charge in [-0.15, -0.1) is 0 Å². The van der Waals surface area contributed by atoms with Crippen LogP contribution >= 0.6 is 11.8 Å². The number of rotatable bonds is 5. The molecule has 2 heterocycles. The molecule has 128 valence electrons. The molecule has 0 spiro atoms. The van der Waals surface area contributed by atoms with Crippen LogP contribution in [0.5, 0.6) is 0 Å². The lowest BCUT2D eigenvalue weighted by Gasteiger charge is -2.08. The summed E-state index contributed by atoms with van der Waals surface area (Å²) in [6, 6.07) is 8.51. The number of fused-ring (bicyclic) bond motifs is 1. The summed E-state index contributed by atoms with van der Waals surface area (Å²) in [5, 5.41) is 3.27. The Bertz CT molecular complexity index is 862. The molecule has 0 aliphatic carbocycles. The normalized spacial score (nSPS) is 12.5. The average Bonchev–Trinajstić information content (AvgIpc) is 2.94. The number of aromatic nitrogens is 1. The minimum atomic E-state index is -0.398. The molecule has 1 aliphatic rings. The van der Waals surface area contributed by atoms with Crippen LogP contribution in [0.25, 0.3) is 0 Å². The number of hydrogen-bond donors (Lipinski definition) is 1. The van der Waals surface area contributed by atoms with Crippen LogP contribution in [0.1, 0.15) is 38.9 Å². The highest BCUT2D eigenvalue weighted by Crippen LogP contribution is 2.30. The van der Waals surface area contributed by atoms with Crippen LogP contribution in [0.3, 0.4) is 0 Å². The van der Waals surface area contributed by atoms with Gasteiger partial charge in [0.25, 0.3) is 0 Å². The molecule has 0 bridgehead atoms. The number of carbonyl (C=O) groups excluding carboxylic acids is 3. The fourth-order valence-electron chi connectivity index (χ4n) is 2.48. The maximum absolute atomic E-state index is 12.1. The van der Waals surface area contributed by atoms with Gasteiger partial charge in [-0.05, 0) is 44.2 Å². The van der Waals surface area contributed by atoms with E-state index in [1.807, 2.05) is 13.0 Å². The Morgan fingerprint density at radius 1 is 1.28 bits per heavy atom. The standard InChI is InChI=1S/C18H16N2O4S/c1-10-7-13-8-24-18(23)16(13)17(19-10)25-9-15(22)20-14-5-3-12(4-6-14)11(2)21/h3-7H,8-9H2,1-2H3,(H,20,22). The number of Topliss-reactive ketones (excluding diaryl/α,β-unsaturated/α-hetero) is 1. The number of thioether (sulfide) groups is 1. The van der Waals surface area contributed by atoms with Gasteiger partial charge in [-0.1, -0.05) is 11.8 Å². The Morgan fingerprint density at radius 2 is 2.00 bits per heavy atom. The molecule has 3 rings (SSSR count). The Morgan fingerprint density at radius 3 is 2.68 bits per heavy atom. The van der Waals surface area contributed by atoms with Crippen molar-refractivity contribution < 1.29 is 19.1 Å². The lowest BCUT2D eigenvalue weighted by Crippen LogP contribution is -2.14. The third-order valence-corrected chi connectivity index (χ3v) is 4.65. The first-order valence-electron chi connectivity index (χ1n) is 7.65. The second-order valence-electron chi connectivity index (χ2n) is 5.65. The molecule has 1 N–H and O–H groups in total. The molecule has 0 fully saturated rings. The Kier molecular flexibility index (Phi) is 4.85. The molecular formula is C18H16N2O4S. The molecule has 0 saturated heterocycles. The van der Waals surface area contributed by atoms with Crippen molar-refractivity contribution in [3.63, 3.8) is 0 Å². The molecule has 1 aromatic carbocycles. The number of anilines is 1. The summed E-state index contributed by atoms with van der Waals surface area (Å²) in [6.07, 6.45) is 0. The second-order valence-corrected chi connectivity index (χ2v) is 6.61. The van der Waals surface area contributed by atoms with Crippen LogP contribution in [0.2, 0.25) is 0 Å². The summed E-state index contributed by atoms with van der Waals surface area (Å²) < 4.78 is 5.03. The van der Waals surface area contributed by atoms with E-state index in [1.165, 1.54) is 18.7 Å². The molecule has 1 amide bonds. The van der Waals surface area contributed by atoms with Gasteiger partial charge < -0.3 is 10.1 Å². The number of esters is 1. The first-order valence-corrected chi connectivity index (χ1v) is 8.64. The number of amides is 1. The van der Waals surface area contributed by atoms with Crippen LogP contribution in [0, 0.1) is 6.92 Å². The minimum absolute atomic E-state index is 0.0281. The zero-order valence-electron chi connectivity index (χ0n) is 13.8. The lowest BCUT2D eigenvalue weighted by molar-refractivity contribution is -0.113. The van der Waals surface area contributed by atoms with E-state index in [9.17, 15) is 14.4 Å². The molecule has 25 heavy (non-hydrogen) atoms. The van der Waals surface area contributed by atoms with Crippen molar-refractivity contribution in [2.75, 3.05) is 11.1 Å². The molecule has 0 saturated carbocycles. The largest absolute Gasteiger partial charge is 0.457 e. The maximum atomic E-state index is 12.1. The highest BCUT2D eigenvalue weighted by molar-refractivity contribution is 8.00. The van der Waals surface area contributed by atoms with E-state index >= 15 is 0 Å². The highest BCUT2D eigenvalue weighted by Gasteiger charge is 2.26. The number of nitrogens with zero attached hydrogens (tertiary/aromatic N) is 1. The number of hydrogen-bond acceptors (Lipinski definition) is 6. The van der Waals surface area contributed by atoms with E-state index in [4.69, 9.17) is 4.74 Å². The van der Waals surface area contributed by atoms with Gasteiger partial charge in [0, 0.05) is 22.5 Å². The van der Waals surface area contributed by atoms with Crippen LogP contribution in [0.15, 0.2) is 35.4 Å². The van der Waals surface area contributed by atoms with Crippen molar-refractivity contribution in [3.05, 3.63) is 52.7 Å². The van der Waals surface area contributed by atoms with Crippen molar-refractivity contribution >= 4 is 35.1 Å². The van der Waals surface area contributed by atoms with Gasteiger partial charge in [0.1, 0.15) is 11.6 Å². The topological polar surface area (TPSA) is 85.4 Å². The van der Waals surface area contributed by atoms with Crippen LogP contribution in [-0.2, 0) is 16.1 Å². The van der Waals surface area contributed by atoms with E-state index in [0.717, 1.165) is 11.3 Å². The summed E-state index contributed by atoms with van der Waals surface area (Å²) in [4.78, 5) is 39.5. The molecule has 2 aromatic rings. The van der Waals surface area contributed by atoms with Crippen molar-refractivity contribution in [2.24, 2.45) is 0 Å². The molecule has 1 aliphatic heterocycles. The van der Waals surface area contributed by atoms with Gasteiger partial charge in [0.05, 0.1) is 11.3 Å². The van der Waals surface area contributed by atoms with Gasteiger partial charge in [-0.2, -0.15) is 0 Å². The number of cyclic esters (lactones) is 1. The van der Waals surface area contributed by atoms with Gasteiger partial charge in [-0.3, -0.25) is 9.59 Å². The number of benzene rings is 1. The quantitative estimate of drug-likeness (QED) is 0.504. The second kappa shape index (κ2) is 7.06. The number of ether oxygens (including phenoxy) is 1. The van der Waals surface area contributed by atoms with Crippen molar-refractivity contribution in [1.82, 2.24) is 4.98 Å². The number of nitrogens with one attached hydrogen (secondary N) is 1. The smallest absolute Gasteiger partial charge is 0.341 e. The van der Waals surface area contributed by atoms with Crippen LogP contribution in [0.4, 0.5) is 5.69 Å². The SMILES string of the molecule is CC(=O)c1ccc(NC(=O)CSc2nc(C)cc3c2C(=O)OC3)cc1. The summed E-state index contributed by atoms with van der Waals surface area (Å²) in [7, 11) is 0. The van der Waals surface area contributed by atoms with Crippen molar-refractivity contribution in [1.29, 1.82) is 0 Å². The maximum Gasteiger partial charge on any atom is 0.341 e. The monoisotopic (exact) mass is 356 g/mol. The number of pyridine rings is 1. The van der Waals surface area contributed by atoms with E-state index in [1.54, 1.807) is 24.3 Å². The predicted molar refractivity (Wildman–Crippen MR) is 93.9 cm³/mol. The van der Waals surface area contributed by atoms with Gasteiger partial charge in [0.2, 0.25) is 5.91 Å². The zero-order chi connectivity index (χ0) is 18.0. The van der Waals surface area contributed by atoms with E-state index < -0.39 is 5.97 Å². The Balaban J connectivity index is 1.65. The molecule has 0 unspecified atom stereocenters. The van der Waals surface area contributed by atoms with Gasteiger partial charge >= 0.3 is 5.97 Å². The van der Waals surface area contributed by atoms with Crippen LogP contribution in [-0.4, -0.2) is 28.4 Å². The Hall–Kier alpha value is -2.67. The first-order chi connectivity index (χ1) is 11.9. The van der Waals surface area contributed by atoms with E-state index in [0.29, 0.717) is 21.8 Å². The number of carbonyl (C=O) groups is 3. The zero-order valence-corrected chi connectivity index (χ0v) is 14.6.